The normalized spacial score (nSPS) is 11.3. The zero-order chi connectivity index (χ0) is 15.7. The van der Waals surface area contributed by atoms with Crippen LogP contribution in [0.5, 0.6) is 0 Å². The van der Waals surface area contributed by atoms with Gasteiger partial charge in [0.2, 0.25) is 0 Å². The zero-order valence-electron chi connectivity index (χ0n) is 11.3. The number of nitrogen functional groups attached to an aromatic ring is 1. The van der Waals surface area contributed by atoms with Gasteiger partial charge in [-0.15, -0.1) is 0 Å². The Labute approximate surface area is 124 Å². The molecule has 0 aliphatic rings. The second kappa shape index (κ2) is 5.21. The number of aromatic nitrogens is 2. The van der Waals surface area contributed by atoms with Crippen molar-refractivity contribution in [1.29, 1.82) is 0 Å². The van der Waals surface area contributed by atoms with Crippen LogP contribution in [0.1, 0.15) is 15.9 Å². The number of fused-ring (bicyclic) bond motifs is 1. The Morgan fingerprint density at radius 1 is 1.36 bits per heavy atom. The molecule has 0 saturated carbocycles. The molecule has 0 amide bonds. The Balaban J connectivity index is 2.23. The van der Waals surface area contributed by atoms with E-state index >= 15 is 0 Å². The third kappa shape index (κ3) is 2.24. The summed E-state index contributed by atoms with van der Waals surface area (Å²) in [6, 6.07) is 8.23. The number of carboxylic acid groups (broad SMARTS) is 1. The molecule has 0 bridgehead atoms. The van der Waals surface area contributed by atoms with Crippen LogP contribution < -0.4 is 5.73 Å². The molecule has 0 atom stereocenters. The summed E-state index contributed by atoms with van der Waals surface area (Å²) in [6.07, 6.45) is 4.69. The van der Waals surface area contributed by atoms with Crippen LogP contribution in [0.15, 0.2) is 47.9 Å². The first-order chi connectivity index (χ1) is 10.6. The predicted molar refractivity (Wildman–Crippen MR) is 81.4 cm³/mol. The highest BCUT2D eigenvalue weighted by molar-refractivity contribution is 5.95. The van der Waals surface area contributed by atoms with Crippen LogP contribution in [0, 0.1) is 0 Å². The largest absolute Gasteiger partial charge is 0.478 e. The molecular weight excluding hydrogens is 284 g/mol. The molecule has 3 aromatic rings. The average molecular weight is 296 g/mol. The van der Waals surface area contributed by atoms with Crippen molar-refractivity contribution in [1.82, 2.24) is 9.38 Å². The number of benzene rings is 1. The first-order valence-electron chi connectivity index (χ1n) is 6.38. The van der Waals surface area contributed by atoms with E-state index in [-0.39, 0.29) is 5.56 Å². The molecule has 2 aromatic heterocycles. The van der Waals surface area contributed by atoms with Crippen LogP contribution in [-0.2, 0) is 0 Å². The predicted octanol–water partition coefficient (Wildman–Crippen LogP) is 2.09. The van der Waals surface area contributed by atoms with E-state index in [0.717, 1.165) is 0 Å². The summed E-state index contributed by atoms with van der Waals surface area (Å²) in [6.45, 7) is 0. The van der Waals surface area contributed by atoms with Gasteiger partial charge in [0.1, 0.15) is 5.56 Å². The van der Waals surface area contributed by atoms with Crippen LogP contribution in [-0.4, -0.2) is 31.9 Å². The van der Waals surface area contributed by atoms with Crippen molar-refractivity contribution in [3.63, 3.8) is 0 Å². The molecule has 0 radical (unpaired) electrons. The Morgan fingerprint density at radius 3 is 2.91 bits per heavy atom. The second-order valence-electron chi connectivity index (χ2n) is 4.68. The Hall–Kier alpha value is -3.35. The minimum Gasteiger partial charge on any atom is -0.478 e. The highest BCUT2D eigenvalue weighted by Gasteiger charge is 2.14. The monoisotopic (exact) mass is 296 g/mol. The van der Waals surface area contributed by atoms with E-state index in [1.165, 1.54) is 12.3 Å². The molecule has 2 heterocycles. The maximum absolute atomic E-state index is 11.3. The van der Waals surface area contributed by atoms with Crippen LogP contribution >= 0.6 is 0 Å². The number of carbonyl (C=O) groups is 1. The Kier molecular flexibility index (Phi) is 3.23. The molecule has 0 saturated heterocycles. The van der Waals surface area contributed by atoms with Gasteiger partial charge in [-0.05, 0) is 24.3 Å². The van der Waals surface area contributed by atoms with E-state index < -0.39 is 5.97 Å². The summed E-state index contributed by atoms with van der Waals surface area (Å²) < 4.78 is 1.63. The molecule has 0 aliphatic carbocycles. The second-order valence-corrected chi connectivity index (χ2v) is 4.68. The van der Waals surface area contributed by atoms with Crippen LogP contribution in [0.4, 0.5) is 5.69 Å². The molecule has 0 fully saturated rings. The van der Waals surface area contributed by atoms with Gasteiger partial charge in [-0.1, -0.05) is 11.2 Å². The first-order valence-corrected chi connectivity index (χ1v) is 6.38. The molecule has 0 aliphatic heterocycles. The Morgan fingerprint density at radius 2 is 2.18 bits per heavy atom. The number of carboxylic acids is 1. The van der Waals surface area contributed by atoms with Gasteiger partial charge in [0.05, 0.1) is 11.9 Å². The van der Waals surface area contributed by atoms with E-state index in [1.807, 2.05) is 0 Å². The summed E-state index contributed by atoms with van der Waals surface area (Å²) in [7, 11) is 0. The van der Waals surface area contributed by atoms with Crippen molar-refractivity contribution in [3.05, 3.63) is 53.9 Å². The van der Waals surface area contributed by atoms with E-state index in [1.54, 1.807) is 41.1 Å². The fourth-order valence-corrected chi connectivity index (χ4v) is 2.29. The minimum atomic E-state index is -1.04. The van der Waals surface area contributed by atoms with Crippen LogP contribution in [0.2, 0.25) is 0 Å². The lowest BCUT2D eigenvalue weighted by molar-refractivity contribution is 0.0698. The van der Waals surface area contributed by atoms with E-state index in [4.69, 9.17) is 10.9 Å². The van der Waals surface area contributed by atoms with Crippen LogP contribution in [0.25, 0.3) is 16.9 Å². The summed E-state index contributed by atoms with van der Waals surface area (Å²) in [5.74, 6) is -1.04. The number of nitrogens with zero attached hydrogens (tertiary/aromatic N) is 3. The van der Waals surface area contributed by atoms with Gasteiger partial charge in [-0.25, -0.2) is 9.78 Å². The molecule has 7 heteroatoms. The lowest BCUT2D eigenvalue weighted by atomic mass is 10.1. The molecular formula is C15H12N4O3. The number of nitrogens with two attached hydrogens (primary N) is 1. The van der Waals surface area contributed by atoms with Gasteiger partial charge in [0.15, 0.2) is 5.65 Å². The molecule has 0 unspecified atom stereocenters. The summed E-state index contributed by atoms with van der Waals surface area (Å²) in [5.41, 5.74) is 8.54. The minimum absolute atomic E-state index is 0.113. The van der Waals surface area contributed by atoms with Crippen molar-refractivity contribution in [2.24, 2.45) is 5.16 Å². The summed E-state index contributed by atoms with van der Waals surface area (Å²) >= 11 is 0. The summed E-state index contributed by atoms with van der Waals surface area (Å²) in [4.78, 5) is 15.6. The number of pyridine rings is 1. The number of aromatic carboxylic acids is 1. The topological polar surface area (TPSA) is 113 Å². The fraction of sp³-hybridized carbons (Fsp3) is 0. The van der Waals surface area contributed by atoms with E-state index in [9.17, 15) is 9.90 Å². The zero-order valence-corrected chi connectivity index (χ0v) is 11.3. The third-order valence-corrected chi connectivity index (χ3v) is 3.26. The van der Waals surface area contributed by atoms with Gasteiger partial charge in [-0.3, -0.25) is 0 Å². The van der Waals surface area contributed by atoms with Gasteiger partial charge >= 0.3 is 5.97 Å². The van der Waals surface area contributed by atoms with Crippen molar-refractivity contribution in [3.8, 4) is 11.3 Å². The third-order valence-electron chi connectivity index (χ3n) is 3.26. The van der Waals surface area contributed by atoms with Gasteiger partial charge in [0, 0.05) is 29.2 Å². The quantitative estimate of drug-likeness (QED) is 0.296. The maximum Gasteiger partial charge on any atom is 0.339 e. The van der Waals surface area contributed by atoms with E-state index in [2.05, 4.69) is 10.1 Å². The Bertz CT molecular complexity index is 899. The van der Waals surface area contributed by atoms with Crippen molar-refractivity contribution in [2.75, 3.05) is 5.73 Å². The highest BCUT2D eigenvalue weighted by atomic mass is 16.4. The molecule has 0 spiro atoms. The first kappa shape index (κ1) is 13.6. The molecule has 110 valence electrons. The molecule has 3 rings (SSSR count). The highest BCUT2D eigenvalue weighted by Crippen LogP contribution is 2.25. The lowest BCUT2D eigenvalue weighted by Crippen LogP contribution is -1.99. The molecule has 22 heavy (non-hydrogen) atoms. The van der Waals surface area contributed by atoms with Gasteiger partial charge < -0.3 is 20.4 Å². The van der Waals surface area contributed by atoms with E-state index in [0.29, 0.717) is 28.2 Å². The number of anilines is 1. The van der Waals surface area contributed by atoms with Gasteiger partial charge in [-0.2, -0.15) is 0 Å². The van der Waals surface area contributed by atoms with Gasteiger partial charge in [0.25, 0.3) is 0 Å². The molecule has 1 aromatic carbocycles. The lowest BCUT2D eigenvalue weighted by Gasteiger charge is -2.03. The van der Waals surface area contributed by atoms with Crippen molar-refractivity contribution >= 4 is 23.5 Å². The maximum atomic E-state index is 11.3. The SMILES string of the molecule is Nc1ccc(-c2cn3cccc(C(=O)O)c3n2)c(C=NO)c1. The van der Waals surface area contributed by atoms with Crippen LogP contribution in [0.3, 0.4) is 0 Å². The molecule has 7 nitrogen and oxygen atoms in total. The number of rotatable bonds is 3. The van der Waals surface area contributed by atoms with Crippen molar-refractivity contribution in [2.45, 2.75) is 0 Å². The standard InChI is InChI=1S/C15H12N4O3/c16-10-3-4-11(9(6-10)7-17-22)13-8-19-5-1-2-12(15(20)21)14(19)18-13/h1-8,22H,16H2,(H,20,21). The number of hydrogen-bond donors (Lipinski definition) is 3. The average Bonchev–Trinajstić information content (AvgIpc) is 2.91. The number of hydrogen-bond acceptors (Lipinski definition) is 5. The molecule has 4 N–H and O–H groups in total. The number of imidazole rings is 1. The fourth-order valence-electron chi connectivity index (χ4n) is 2.29. The summed E-state index contributed by atoms with van der Waals surface area (Å²) in [5, 5.41) is 21.0. The smallest absolute Gasteiger partial charge is 0.339 e. The van der Waals surface area contributed by atoms with Crippen molar-refractivity contribution < 1.29 is 15.1 Å². The number of oxime groups is 1.